The highest BCUT2D eigenvalue weighted by molar-refractivity contribution is 5.72. The molecule has 0 radical (unpaired) electrons. The molecule has 4 rings (SSSR count). The fourth-order valence-electron chi connectivity index (χ4n) is 4.43. The second kappa shape index (κ2) is 14.4. The fraction of sp³-hybridized carbons (Fsp3) is 0.257. The molecule has 0 saturated carbocycles. The largest absolute Gasteiger partial charge is 0.494 e. The van der Waals surface area contributed by atoms with E-state index in [1.54, 1.807) is 60.7 Å². The van der Waals surface area contributed by atoms with Gasteiger partial charge in [-0.2, -0.15) is 0 Å². The van der Waals surface area contributed by atoms with Crippen LogP contribution in [-0.2, 0) is 12.8 Å². The van der Waals surface area contributed by atoms with Crippen LogP contribution in [0.4, 0.5) is 13.2 Å². The smallest absolute Gasteiger partial charge is 0.167 e. The summed E-state index contributed by atoms with van der Waals surface area (Å²) in [6.45, 7) is 6.92. The third-order valence-corrected chi connectivity index (χ3v) is 6.81. The Hall–Kier alpha value is -3.99. The van der Waals surface area contributed by atoms with Gasteiger partial charge in [-0.15, -0.1) is 6.58 Å². The number of halogens is 3. The van der Waals surface area contributed by atoms with Crippen molar-refractivity contribution in [3.05, 3.63) is 120 Å². The highest BCUT2D eigenvalue weighted by atomic mass is 19.2. The Balaban J connectivity index is 1.38. The second-order valence-corrected chi connectivity index (χ2v) is 9.74. The molecule has 4 aromatic rings. The van der Waals surface area contributed by atoms with Gasteiger partial charge in [0.25, 0.3) is 0 Å². The van der Waals surface area contributed by atoms with Crippen LogP contribution in [-0.4, -0.2) is 13.2 Å². The van der Waals surface area contributed by atoms with Crippen LogP contribution in [0, 0.1) is 17.5 Å². The van der Waals surface area contributed by atoms with Gasteiger partial charge < -0.3 is 9.47 Å². The average molecular weight is 545 g/mol. The number of aryl methyl sites for hydroxylation is 2. The van der Waals surface area contributed by atoms with E-state index < -0.39 is 11.6 Å². The zero-order valence-corrected chi connectivity index (χ0v) is 22.9. The Labute approximate surface area is 235 Å². The zero-order chi connectivity index (χ0) is 28.3. The van der Waals surface area contributed by atoms with E-state index in [-0.39, 0.29) is 16.9 Å². The van der Waals surface area contributed by atoms with Crippen molar-refractivity contribution >= 4 is 0 Å². The number of ether oxygens (including phenoxy) is 2. The van der Waals surface area contributed by atoms with E-state index in [9.17, 15) is 4.39 Å². The van der Waals surface area contributed by atoms with Crippen molar-refractivity contribution in [3.8, 4) is 33.8 Å². The number of hydrogen-bond donors (Lipinski definition) is 0. The molecule has 0 atom stereocenters. The summed E-state index contributed by atoms with van der Waals surface area (Å²) >= 11 is 0. The van der Waals surface area contributed by atoms with Crippen LogP contribution in [0.3, 0.4) is 0 Å². The Morgan fingerprint density at radius 2 is 1.25 bits per heavy atom. The van der Waals surface area contributed by atoms with Crippen molar-refractivity contribution in [2.45, 2.75) is 45.4 Å². The normalized spacial score (nSPS) is 10.9. The summed E-state index contributed by atoms with van der Waals surface area (Å²) < 4.78 is 56.0. The molecule has 208 valence electrons. The van der Waals surface area contributed by atoms with Crippen LogP contribution in [0.2, 0.25) is 0 Å². The molecule has 0 bridgehead atoms. The first kappa shape index (κ1) is 29.0. The van der Waals surface area contributed by atoms with E-state index in [2.05, 4.69) is 13.5 Å². The maximum absolute atomic E-state index is 15.1. The number of rotatable bonds is 14. The third-order valence-electron chi connectivity index (χ3n) is 6.81. The van der Waals surface area contributed by atoms with Gasteiger partial charge in [-0.25, -0.2) is 13.2 Å². The molecule has 0 aliphatic heterocycles. The molecule has 0 amide bonds. The zero-order valence-electron chi connectivity index (χ0n) is 22.9. The van der Waals surface area contributed by atoms with E-state index in [4.69, 9.17) is 9.47 Å². The van der Waals surface area contributed by atoms with Gasteiger partial charge in [0, 0.05) is 17.2 Å². The molecule has 40 heavy (non-hydrogen) atoms. The summed E-state index contributed by atoms with van der Waals surface area (Å²) in [6, 6.07) is 22.5. The summed E-state index contributed by atoms with van der Waals surface area (Å²) in [6.07, 6.45) is 6.66. The summed E-state index contributed by atoms with van der Waals surface area (Å²) in [4.78, 5) is 0. The van der Waals surface area contributed by atoms with Gasteiger partial charge in [-0.3, -0.25) is 0 Å². The number of allylic oxidation sites excluding steroid dienone is 1. The molecule has 0 N–H and O–H groups in total. The number of benzene rings is 4. The van der Waals surface area contributed by atoms with Gasteiger partial charge in [0.05, 0.1) is 13.2 Å². The summed E-state index contributed by atoms with van der Waals surface area (Å²) in [7, 11) is 0. The van der Waals surface area contributed by atoms with Gasteiger partial charge in [-0.05, 0) is 72.6 Å². The third kappa shape index (κ3) is 7.56. The van der Waals surface area contributed by atoms with Crippen LogP contribution >= 0.6 is 0 Å². The lowest BCUT2D eigenvalue weighted by Crippen LogP contribution is -1.99. The van der Waals surface area contributed by atoms with Crippen LogP contribution < -0.4 is 9.47 Å². The van der Waals surface area contributed by atoms with Crippen LogP contribution in [0.25, 0.3) is 22.3 Å². The van der Waals surface area contributed by atoms with Gasteiger partial charge in [0.15, 0.2) is 11.6 Å². The molecule has 5 heteroatoms. The molecular weight excluding hydrogens is 509 g/mol. The first-order valence-corrected chi connectivity index (χ1v) is 13.8. The van der Waals surface area contributed by atoms with Crippen molar-refractivity contribution in [3.63, 3.8) is 0 Å². The molecule has 4 aromatic carbocycles. The van der Waals surface area contributed by atoms with Crippen LogP contribution in [0.15, 0.2) is 91.5 Å². The first-order valence-electron chi connectivity index (χ1n) is 13.8. The van der Waals surface area contributed by atoms with Crippen molar-refractivity contribution in [1.29, 1.82) is 0 Å². The van der Waals surface area contributed by atoms with Crippen molar-refractivity contribution < 1.29 is 22.6 Å². The maximum Gasteiger partial charge on any atom is 0.167 e. The van der Waals surface area contributed by atoms with Gasteiger partial charge in [0.2, 0.25) is 0 Å². The molecule has 0 aromatic heterocycles. The molecule has 0 aliphatic carbocycles. The molecule has 0 spiro atoms. The van der Waals surface area contributed by atoms with Crippen molar-refractivity contribution in [1.82, 2.24) is 0 Å². The van der Waals surface area contributed by atoms with Crippen LogP contribution in [0.5, 0.6) is 11.5 Å². The van der Waals surface area contributed by atoms with E-state index in [0.717, 1.165) is 31.2 Å². The lowest BCUT2D eigenvalue weighted by atomic mass is 9.97. The molecule has 2 nitrogen and oxygen atoms in total. The van der Waals surface area contributed by atoms with E-state index >= 15 is 8.78 Å². The highest BCUT2D eigenvalue weighted by Crippen LogP contribution is 2.32. The minimum atomic E-state index is -0.887. The van der Waals surface area contributed by atoms with Crippen molar-refractivity contribution in [2.24, 2.45) is 0 Å². The molecule has 0 saturated heterocycles. The predicted octanol–water partition coefficient (Wildman–Crippen LogP) is 9.75. The van der Waals surface area contributed by atoms with Gasteiger partial charge in [0.1, 0.15) is 17.3 Å². The highest BCUT2D eigenvalue weighted by Gasteiger charge is 2.16. The monoisotopic (exact) mass is 544 g/mol. The minimum Gasteiger partial charge on any atom is -0.494 e. The Morgan fingerprint density at radius 1 is 0.675 bits per heavy atom. The summed E-state index contributed by atoms with van der Waals surface area (Å²) in [5.74, 6) is -0.844. The lowest BCUT2D eigenvalue weighted by molar-refractivity contribution is 0.309. The number of unbranched alkanes of at least 4 members (excludes halogenated alkanes) is 2. The van der Waals surface area contributed by atoms with E-state index in [0.29, 0.717) is 54.2 Å². The fourth-order valence-corrected chi connectivity index (χ4v) is 4.43. The predicted molar refractivity (Wildman–Crippen MR) is 156 cm³/mol. The van der Waals surface area contributed by atoms with Crippen LogP contribution in [0.1, 0.15) is 43.7 Å². The average Bonchev–Trinajstić information content (AvgIpc) is 2.97. The SMILES string of the molecule is C=CCCCOc1ccc(CCc2ccc(-c3ccc(-c4ccc(OCCCC)cc4)c(F)c3F)cc2)c(F)c1. The lowest BCUT2D eigenvalue weighted by Gasteiger charge is -2.11. The maximum atomic E-state index is 15.1. The molecule has 0 heterocycles. The Kier molecular flexibility index (Phi) is 10.4. The minimum absolute atomic E-state index is 0.196. The molecule has 0 unspecified atom stereocenters. The summed E-state index contributed by atoms with van der Waals surface area (Å²) in [5, 5.41) is 0. The Bertz CT molecular complexity index is 1400. The topological polar surface area (TPSA) is 18.5 Å². The van der Waals surface area contributed by atoms with Crippen molar-refractivity contribution in [2.75, 3.05) is 13.2 Å². The molecule has 0 aliphatic rings. The summed E-state index contributed by atoms with van der Waals surface area (Å²) in [5.41, 5.74) is 3.14. The Morgan fingerprint density at radius 3 is 1.85 bits per heavy atom. The quantitative estimate of drug-likeness (QED) is 0.116. The number of hydrogen-bond acceptors (Lipinski definition) is 2. The van der Waals surface area contributed by atoms with E-state index in [1.165, 1.54) is 6.07 Å². The van der Waals surface area contributed by atoms with E-state index in [1.807, 2.05) is 18.2 Å². The standard InChI is InChI=1S/C35H35F3O2/c1-3-5-7-23-40-30-19-16-28(33(36)24-30)13-10-25-8-11-26(12-9-25)31-20-21-32(35(38)34(31)37)27-14-17-29(18-15-27)39-22-6-4-2/h3,8-9,11-12,14-21,24H,1,4-7,10,13,22-23H2,2H3. The van der Waals surface area contributed by atoms with Gasteiger partial charge >= 0.3 is 0 Å². The molecular formula is C35H35F3O2. The molecule has 0 fully saturated rings. The van der Waals surface area contributed by atoms with Gasteiger partial charge in [-0.1, -0.05) is 74.0 Å². The first-order chi connectivity index (χ1) is 19.5. The second-order valence-electron chi connectivity index (χ2n) is 9.74.